The standard InChI is InChI=1S/C43H61N2O5S2.C41H57N2O5S2/c1-33-22-24-38-36(31-33)42(4,5)40(44(38)27-15-10-11-19-35(3)46)20-12-9-13-21-41-43(6,26-14-17-29-51(7,47)48)37-32-34(2)23-25-39(37)45(41)28-16-18-30-52(8,49)50;1-31-20-22-36-34(29-31)40(4,5)38(42(36)25-15-27-49(7,45)46)18-12-9-13-19-39-41(6,24-14-10-11-17-33(3)44)35-30-32(2)21-23-37(35)43(39)26-16-28-50(8,47)48/h9,12-13,20-25,31-32H,10-11,14-19,26-30H2,1-8H3;9,12-13,18-23,29-30H,10-11,14-17,24-28H2,1-8H3/q2*+1. The highest BCUT2D eigenvalue weighted by Crippen LogP contribution is 2.53. The monoisotopic (exact) mass is 1470 g/mol. The molecule has 4 heterocycles. The van der Waals surface area contributed by atoms with Crippen molar-refractivity contribution < 1.29 is 52.4 Å². The minimum absolute atomic E-state index is 0.134. The van der Waals surface area contributed by atoms with E-state index >= 15 is 0 Å². The number of hydrogen-bond donors (Lipinski definition) is 0. The van der Waals surface area contributed by atoms with Crippen LogP contribution in [0.25, 0.3) is 0 Å². The Morgan fingerprint density at radius 2 is 0.735 bits per heavy atom. The van der Waals surface area contributed by atoms with Crippen molar-refractivity contribution in [3.8, 4) is 0 Å². The number of fused-ring (bicyclic) bond motifs is 4. The second-order valence-electron chi connectivity index (χ2n) is 31.1. The number of allylic oxidation sites excluding steroid dienone is 12. The Morgan fingerprint density at radius 1 is 0.392 bits per heavy atom. The van der Waals surface area contributed by atoms with Crippen molar-refractivity contribution in [3.63, 3.8) is 0 Å². The fourth-order valence-corrected chi connectivity index (χ4v) is 18.2. The third kappa shape index (κ3) is 22.2. The summed E-state index contributed by atoms with van der Waals surface area (Å²) in [5.74, 6) is 1.10. The van der Waals surface area contributed by atoms with E-state index in [1.165, 1.54) is 80.9 Å². The first-order valence-electron chi connectivity index (χ1n) is 36.8. The zero-order valence-corrected chi connectivity index (χ0v) is 67.4. The number of sulfone groups is 4. The predicted molar refractivity (Wildman–Crippen MR) is 427 cm³/mol. The molecule has 0 saturated carbocycles. The lowest BCUT2D eigenvalue weighted by molar-refractivity contribution is -0.438. The normalized spacial score (nSPS) is 19.5. The number of carbonyl (C=O) groups excluding carboxylic acids is 2. The molecule has 556 valence electrons. The zero-order chi connectivity index (χ0) is 75.2. The van der Waals surface area contributed by atoms with Crippen molar-refractivity contribution in [1.29, 1.82) is 0 Å². The molecule has 0 aromatic heterocycles. The number of benzene rings is 4. The van der Waals surface area contributed by atoms with Gasteiger partial charge in [0.2, 0.25) is 11.4 Å². The molecule has 8 rings (SSSR count). The minimum Gasteiger partial charge on any atom is -0.344 e. The van der Waals surface area contributed by atoms with E-state index in [1.54, 1.807) is 13.8 Å². The van der Waals surface area contributed by atoms with Crippen molar-refractivity contribution >= 4 is 85.1 Å². The summed E-state index contributed by atoms with van der Waals surface area (Å²) in [6, 6.07) is 26.3. The molecule has 0 radical (unpaired) electrons. The van der Waals surface area contributed by atoms with E-state index in [0.717, 1.165) is 105 Å². The van der Waals surface area contributed by atoms with E-state index in [0.29, 0.717) is 58.2 Å². The number of ketones is 2. The third-order valence-corrected chi connectivity index (χ3v) is 25.0. The lowest BCUT2D eigenvalue weighted by atomic mass is 9.76. The molecule has 4 aliphatic rings. The summed E-state index contributed by atoms with van der Waals surface area (Å²) in [6.07, 6.45) is 39.0. The van der Waals surface area contributed by atoms with Gasteiger partial charge in [-0.3, -0.25) is 0 Å². The molecular formula is C84H118N4O10S4+2. The van der Waals surface area contributed by atoms with Gasteiger partial charge in [0.05, 0.1) is 22.3 Å². The van der Waals surface area contributed by atoms with Crippen molar-refractivity contribution in [2.45, 2.75) is 207 Å². The largest absolute Gasteiger partial charge is 0.344 e. The van der Waals surface area contributed by atoms with Gasteiger partial charge in [-0.25, -0.2) is 33.7 Å². The number of hydrogen-bond acceptors (Lipinski definition) is 12. The van der Waals surface area contributed by atoms with Crippen LogP contribution < -0.4 is 9.80 Å². The lowest BCUT2D eigenvalue weighted by Gasteiger charge is -2.30. The molecule has 14 nitrogen and oxygen atoms in total. The summed E-state index contributed by atoms with van der Waals surface area (Å²) in [6.45, 7) is 28.2. The van der Waals surface area contributed by atoms with E-state index in [-0.39, 0.29) is 56.2 Å². The summed E-state index contributed by atoms with van der Waals surface area (Å²) >= 11 is 0. The van der Waals surface area contributed by atoms with E-state index in [1.807, 2.05) is 0 Å². The van der Waals surface area contributed by atoms with Crippen LogP contribution in [0.2, 0.25) is 0 Å². The SMILES string of the molecule is CC(=O)CCCCCC1(C)/C(=C/C=C/C=C/C2=[N+](CCCS(C)(=O)=O)c3ccc(C)cc3C2(C)C)N(CCCS(C)(=O)=O)c2ccc(C)cc21.CC(=O)CCCCC[N+]1=C(C=CC=CC=C2N(CCCCS(C)(=O)=O)c3ccc(C)cc3C2(C)CCCCS(C)(=O)=O)C(C)(C)c2cc(C)ccc21. The molecule has 0 N–H and O–H groups in total. The van der Waals surface area contributed by atoms with E-state index < -0.39 is 39.3 Å². The smallest absolute Gasteiger partial charge is 0.209 e. The molecule has 18 heteroatoms. The second kappa shape index (κ2) is 35.0. The maximum absolute atomic E-state index is 12.1. The molecule has 0 aliphatic carbocycles. The van der Waals surface area contributed by atoms with Gasteiger partial charge in [-0.1, -0.05) is 114 Å². The van der Waals surface area contributed by atoms with Crippen LogP contribution in [-0.2, 0) is 70.6 Å². The van der Waals surface area contributed by atoms with Crippen LogP contribution in [0.5, 0.6) is 0 Å². The first-order valence-corrected chi connectivity index (χ1v) is 45.0. The maximum Gasteiger partial charge on any atom is 0.209 e. The number of unbranched alkanes of at least 4 members (excludes halogenated alkanes) is 6. The van der Waals surface area contributed by atoms with Crippen molar-refractivity contribution in [3.05, 3.63) is 189 Å². The Labute approximate surface area is 614 Å². The number of aryl methyl sites for hydroxylation is 4. The van der Waals surface area contributed by atoms with E-state index in [2.05, 4.69) is 222 Å². The minimum atomic E-state index is -3.09. The second-order valence-corrected chi connectivity index (χ2v) is 40.2. The van der Waals surface area contributed by atoms with Crippen molar-refractivity contribution in [2.75, 3.05) is 84.0 Å². The molecule has 2 atom stereocenters. The number of carbonyl (C=O) groups is 2. The highest BCUT2D eigenvalue weighted by molar-refractivity contribution is 7.91. The molecule has 4 aromatic rings. The number of rotatable bonds is 36. The zero-order valence-electron chi connectivity index (χ0n) is 64.2. The first-order chi connectivity index (χ1) is 47.7. The molecule has 102 heavy (non-hydrogen) atoms. The van der Waals surface area contributed by atoms with Gasteiger partial charge in [0.1, 0.15) is 64.0 Å². The molecule has 0 saturated heterocycles. The Morgan fingerprint density at radius 3 is 1.15 bits per heavy atom. The topological polar surface area (TPSA) is 183 Å². The molecule has 0 bridgehead atoms. The maximum atomic E-state index is 12.1. The summed E-state index contributed by atoms with van der Waals surface area (Å²) in [4.78, 5) is 27.7. The number of anilines is 2. The van der Waals surface area contributed by atoms with Gasteiger partial charge in [-0.05, 0) is 188 Å². The van der Waals surface area contributed by atoms with Crippen molar-refractivity contribution in [2.24, 2.45) is 0 Å². The van der Waals surface area contributed by atoms with Gasteiger partial charge in [-0.2, -0.15) is 9.15 Å². The fourth-order valence-electron chi connectivity index (χ4n) is 15.4. The molecular weight excluding hydrogens is 1350 g/mol. The molecule has 4 aromatic carbocycles. The van der Waals surface area contributed by atoms with Gasteiger partial charge in [-0.15, -0.1) is 0 Å². The van der Waals surface area contributed by atoms with Gasteiger partial charge in [0, 0.05) is 144 Å². The highest BCUT2D eigenvalue weighted by Gasteiger charge is 2.47. The highest BCUT2D eigenvalue weighted by atomic mass is 32.2. The van der Waals surface area contributed by atoms with Gasteiger partial charge >= 0.3 is 0 Å². The molecule has 2 unspecified atom stereocenters. The Kier molecular flexibility index (Phi) is 28.4. The number of Topliss-reactive ketones (excluding diaryl/α,β-unsaturated/α-hetero) is 2. The molecule has 0 amide bonds. The first kappa shape index (κ1) is 82.7. The van der Waals surface area contributed by atoms with Crippen LogP contribution in [-0.4, -0.2) is 140 Å². The van der Waals surface area contributed by atoms with Crippen LogP contribution in [0.1, 0.15) is 203 Å². The summed E-state index contributed by atoms with van der Waals surface area (Å²) < 4.78 is 100. The van der Waals surface area contributed by atoms with Crippen LogP contribution in [0.4, 0.5) is 22.7 Å². The molecule has 4 aliphatic heterocycles. The van der Waals surface area contributed by atoms with Gasteiger partial charge < -0.3 is 19.4 Å². The van der Waals surface area contributed by atoms with Gasteiger partial charge in [0.25, 0.3) is 0 Å². The fraction of sp³-hybridized carbons (Fsp3) is 0.524. The Hall–Kier alpha value is -6.60. The molecule has 0 spiro atoms. The summed E-state index contributed by atoms with van der Waals surface area (Å²) in [5.41, 5.74) is 18.2. The Bertz CT molecular complexity index is 4470. The number of nitrogens with zero attached hydrogens (tertiary/aromatic N) is 4. The summed E-state index contributed by atoms with van der Waals surface area (Å²) in [7, 11) is -12.2. The summed E-state index contributed by atoms with van der Waals surface area (Å²) in [5, 5.41) is 0. The predicted octanol–water partition coefficient (Wildman–Crippen LogP) is 16.5. The third-order valence-electron chi connectivity index (χ3n) is 20.8. The average molecular weight is 1470 g/mol. The van der Waals surface area contributed by atoms with E-state index in [9.17, 15) is 43.3 Å². The lowest BCUT2D eigenvalue weighted by Crippen LogP contribution is -2.30. The van der Waals surface area contributed by atoms with Crippen LogP contribution in [0.15, 0.2) is 145 Å². The Balaban J connectivity index is 0.000000286. The van der Waals surface area contributed by atoms with Crippen LogP contribution >= 0.6 is 0 Å². The van der Waals surface area contributed by atoms with Crippen LogP contribution in [0.3, 0.4) is 0 Å². The average Bonchev–Trinajstić information content (AvgIpc) is 1.61. The van der Waals surface area contributed by atoms with Gasteiger partial charge in [0.15, 0.2) is 11.4 Å². The van der Waals surface area contributed by atoms with E-state index in [4.69, 9.17) is 0 Å². The van der Waals surface area contributed by atoms with Crippen LogP contribution in [0, 0.1) is 27.7 Å². The quantitative estimate of drug-likeness (QED) is 0.0239. The van der Waals surface area contributed by atoms with Crippen molar-refractivity contribution in [1.82, 2.24) is 0 Å². The molecule has 0 fully saturated rings.